The third-order valence-corrected chi connectivity index (χ3v) is 7.18. The van der Waals surface area contributed by atoms with Crippen molar-refractivity contribution in [3.8, 4) is 23.0 Å². The molecule has 4 rings (SSSR count). The maximum atomic E-state index is 12.9. The first kappa shape index (κ1) is 31.4. The highest BCUT2D eigenvalue weighted by molar-refractivity contribution is 5.93. The number of ketones is 1. The van der Waals surface area contributed by atoms with Crippen molar-refractivity contribution in [3.63, 3.8) is 0 Å². The van der Waals surface area contributed by atoms with Crippen molar-refractivity contribution in [3.05, 3.63) is 125 Å². The second-order valence-electron chi connectivity index (χ2n) is 11.5. The summed E-state index contributed by atoms with van der Waals surface area (Å²) >= 11 is 0. The Morgan fingerprint density at radius 1 is 0.674 bits per heavy atom. The first-order chi connectivity index (χ1) is 20.8. The standard InChI is InChI=1S/C38H42O5/c1-38(2,3)33-25-35(41-5)37(43-27-30-15-10-7-11-16-30)24-31(33)20-21-32(39)18-12-17-28-19-22-34(40-4)36(23-28)42-26-29-13-8-6-9-14-29/h6-11,13-16,19-25H,12,17-18,26-27H2,1-5H3/b21-20+. The molecule has 0 heterocycles. The van der Waals surface area contributed by atoms with Gasteiger partial charge in [-0.3, -0.25) is 4.79 Å². The minimum absolute atomic E-state index is 0.0801. The summed E-state index contributed by atoms with van der Waals surface area (Å²) in [5.41, 5.74) is 5.15. The van der Waals surface area contributed by atoms with Crippen molar-refractivity contribution in [2.24, 2.45) is 0 Å². The molecule has 0 saturated heterocycles. The molecule has 0 aromatic heterocycles. The number of carbonyl (C=O) groups excluding carboxylic acids is 1. The third-order valence-electron chi connectivity index (χ3n) is 7.18. The van der Waals surface area contributed by atoms with Crippen LogP contribution in [0.15, 0.2) is 97.1 Å². The van der Waals surface area contributed by atoms with Crippen LogP contribution in [0.1, 0.15) is 61.4 Å². The van der Waals surface area contributed by atoms with Crippen LogP contribution in [0.3, 0.4) is 0 Å². The van der Waals surface area contributed by atoms with E-state index < -0.39 is 0 Å². The number of ether oxygens (including phenoxy) is 4. The van der Waals surface area contributed by atoms with E-state index in [1.165, 1.54) is 0 Å². The van der Waals surface area contributed by atoms with Gasteiger partial charge in [0.2, 0.25) is 0 Å². The van der Waals surface area contributed by atoms with Crippen molar-refractivity contribution < 1.29 is 23.7 Å². The maximum Gasteiger partial charge on any atom is 0.162 e. The van der Waals surface area contributed by atoms with Crippen LogP contribution in [0.4, 0.5) is 0 Å². The van der Waals surface area contributed by atoms with Gasteiger partial charge in [0.05, 0.1) is 14.2 Å². The van der Waals surface area contributed by atoms with E-state index in [2.05, 4.69) is 20.8 Å². The number of aryl methyl sites for hydroxylation is 1. The maximum absolute atomic E-state index is 12.9. The van der Waals surface area contributed by atoms with Crippen molar-refractivity contribution in [1.82, 2.24) is 0 Å². The van der Waals surface area contributed by atoms with Gasteiger partial charge in [0.15, 0.2) is 28.8 Å². The first-order valence-corrected chi connectivity index (χ1v) is 14.7. The number of benzene rings is 4. The molecule has 0 saturated carbocycles. The van der Waals surface area contributed by atoms with Crippen molar-refractivity contribution in [2.45, 2.75) is 58.7 Å². The molecule has 0 aliphatic heterocycles. The Bertz CT molecular complexity index is 1500. The Hall–Kier alpha value is -4.51. The highest BCUT2D eigenvalue weighted by Crippen LogP contribution is 2.37. The number of allylic oxidation sites excluding steroid dienone is 1. The summed E-state index contributed by atoms with van der Waals surface area (Å²) in [4.78, 5) is 12.9. The highest BCUT2D eigenvalue weighted by atomic mass is 16.5. The van der Waals surface area contributed by atoms with Crippen LogP contribution < -0.4 is 18.9 Å². The molecule has 4 aromatic carbocycles. The average Bonchev–Trinajstić information content (AvgIpc) is 3.02. The van der Waals surface area contributed by atoms with Crippen LogP contribution in [0.25, 0.3) is 6.08 Å². The predicted octanol–water partition coefficient (Wildman–Crippen LogP) is 8.76. The summed E-state index contributed by atoms with van der Waals surface area (Å²) in [6.45, 7) is 7.34. The molecule has 0 fully saturated rings. The van der Waals surface area contributed by atoms with Gasteiger partial charge >= 0.3 is 0 Å². The Kier molecular flexibility index (Phi) is 11.0. The lowest BCUT2D eigenvalue weighted by molar-refractivity contribution is -0.114. The lowest BCUT2D eigenvalue weighted by Crippen LogP contribution is -2.14. The number of hydrogen-bond donors (Lipinski definition) is 0. The number of methoxy groups -OCH3 is 2. The second-order valence-corrected chi connectivity index (χ2v) is 11.5. The van der Waals surface area contributed by atoms with E-state index in [9.17, 15) is 4.79 Å². The monoisotopic (exact) mass is 578 g/mol. The number of carbonyl (C=O) groups is 1. The van der Waals surface area contributed by atoms with E-state index >= 15 is 0 Å². The lowest BCUT2D eigenvalue weighted by atomic mass is 9.83. The predicted molar refractivity (Wildman–Crippen MR) is 173 cm³/mol. The fourth-order valence-corrected chi connectivity index (χ4v) is 4.83. The van der Waals surface area contributed by atoms with Gasteiger partial charge in [-0.1, -0.05) is 93.6 Å². The van der Waals surface area contributed by atoms with Gasteiger partial charge in [-0.2, -0.15) is 0 Å². The Labute approximate surface area is 256 Å². The molecular formula is C38H42O5. The minimum atomic E-state index is -0.150. The fraction of sp³-hybridized carbons (Fsp3) is 0.289. The van der Waals surface area contributed by atoms with E-state index in [4.69, 9.17) is 18.9 Å². The van der Waals surface area contributed by atoms with Gasteiger partial charge in [0.25, 0.3) is 0 Å². The molecule has 5 nitrogen and oxygen atoms in total. The molecule has 0 unspecified atom stereocenters. The first-order valence-electron chi connectivity index (χ1n) is 14.7. The Morgan fingerprint density at radius 3 is 1.81 bits per heavy atom. The van der Waals surface area contributed by atoms with Crippen molar-refractivity contribution >= 4 is 11.9 Å². The molecule has 0 aliphatic rings. The summed E-state index contributed by atoms with van der Waals surface area (Å²) in [5, 5.41) is 0. The largest absolute Gasteiger partial charge is 0.493 e. The van der Waals surface area contributed by atoms with Gasteiger partial charge in [0, 0.05) is 6.42 Å². The molecule has 43 heavy (non-hydrogen) atoms. The van der Waals surface area contributed by atoms with Gasteiger partial charge in [-0.05, 0) is 76.4 Å². The summed E-state index contributed by atoms with van der Waals surface area (Å²) in [5.74, 6) is 2.80. The van der Waals surface area contributed by atoms with Crippen LogP contribution in [0, 0.1) is 0 Å². The number of rotatable bonds is 14. The SMILES string of the molecule is COc1ccc(CCCC(=O)/C=C/c2cc(OCc3ccccc3)c(OC)cc2C(C)(C)C)cc1OCc1ccccc1. The van der Waals surface area contributed by atoms with E-state index in [0.717, 1.165) is 40.7 Å². The molecule has 0 atom stereocenters. The van der Waals surface area contributed by atoms with Crippen LogP contribution in [0.2, 0.25) is 0 Å². The summed E-state index contributed by atoms with van der Waals surface area (Å²) in [7, 11) is 3.29. The third kappa shape index (κ3) is 9.24. The van der Waals surface area contributed by atoms with Gasteiger partial charge in [-0.15, -0.1) is 0 Å². The van der Waals surface area contributed by atoms with Crippen molar-refractivity contribution in [2.75, 3.05) is 14.2 Å². The summed E-state index contributed by atoms with van der Waals surface area (Å²) < 4.78 is 23.4. The smallest absolute Gasteiger partial charge is 0.162 e. The second kappa shape index (κ2) is 15.1. The van der Waals surface area contributed by atoms with E-state index in [-0.39, 0.29) is 11.2 Å². The molecule has 0 amide bonds. The molecular weight excluding hydrogens is 536 g/mol. The summed E-state index contributed by atoms with van der Waals surface area (Å²) in [6.07, 6.45) is 5.52. The molecule has 224 valence electrons. The van der Waals surface area contributed by atoms with E-state index in [1.807, 2.05) is 97.1 Å². The molecule has 0 bridgehead atoms. The van der Waals surface area contributed by atoms with E-state index in [1.54, 1.807) is 20.3 Å². The highest BCUT2D eigenvalue weighted by Gasteiger charge is 2.21. The fourth-order valence-electron chi connectivity index (χ4n) is 4.83. The average molecular weight is 579 g/mol. The molecule has 0 spiro atoms. The van der Waals surface area contributed by atoms with Crippen LogP contribution >= 0.6 is 0 Å². The topological polar surface area (TPSA) is 54.0 Å². The normalized spacial score (nSPS) is 11.4. The summed E-state index contributed by atoms with van der Waals surface area (Å²) in [6, 6.07) is 30.0. The van der Waals surface area contributed by atoms with Crippen LogP contribution in [0.5, 0.6) is 23.0 Å². The lowest BCUT2D eigenvalue weighted by Gasteiger charge is -2.24. The zero-order chi connectivity index (χ0) is 30.7. The van der Waals surface area contributed by atoms with E-state index in [0.29, 0.717) is 42.6 Å². The number of hydrogen-bond acceptors (Lipinski definition) is 5. The molecule has 5 heteroatoms. The molecule has 4 aromatic rings. The molecule has 0 aliphatic carbocycles. The van der Waals surface area contributed by atoms with Crippen molar-refractivity contribution in [1.29, 1.82) is 0 Å². The van der Waals surface area contributed by atoms with Crippen LogP contribution in [-0.4, -0.2) is 20.0 Å². The van der Waals surface area contributed by atoms with Gasteiger partial charge in [-0.25, -0.2) is 0 Å². The quantitative estimate of drug-likeness (QED) is 0.140. The minimum Gasteiger partial charge on any atom is -0.493 e. The van der Waals surface area contributed by atoms with Gasteiger partial charge < -0.3 is 18.9 Å². The Morgan fingerprint density at radius 2 is 1.26 bits per heavy atom. The van der Waals surface area contributed by atoms with Gasteiger partial charge in [0.1, 0.15) is 13.2 Å². The molecule has 0 N–H and O–H groups in total. The zero-order valence-corrected chi connectivity index (χ0v) is 25.9. The Balaban J connectivity index is 1.40. The van der Waals surface area contributed by atoms with Crippen LogP contribution in [-0.2, 0) is 29.8 Å². The zero-order valence-electron chi connectivity index (χ0n) is 25.9. The molecule has 0 radical (unpaired) electrons.